The van der Waals surface area contributed by atoms with Gasteiger partial charge in [0.15, 0.2) is 0 Å². The van der Waals surface area contributed by atoms with E-state index in [9.17, 15) is 8.78 Å². The van der Waals surface area contributed by atoms with Crippen molar-refractivity contribution in [3.05, 3.63) is 0 Å². The Morgan fingerprint density at radius 2 is 1.87 bits per heavy atom. The highest BCUT2D eigenvalue weighted by Gasteiger charge is 2.42. The van der Waals surface area contributed by atoms with Crippen molar-refractivity contribution in [1.29, 1.82) is 0 Å². The van der Waals surface area contributed by atoms with Crippen molar-refractivity contribution in [1.82, 2.24) is 5.32 Å². The second-order valence-electron chi connectivity index (χ2n) is 4.85. The molecule has 1 rings (SSSR count). The number of nitrogens with one attached hydrogen (secondary N) is 1. The number of halogens is 2. The van der Waals surface area contributed by atoms with E-state index in [4.69, 9.17) is 0 Å². The van der Waals surface area contributed by atoms with Gasteiger partial charge in [-0.1, -0.05) is 26.2 Å². The second kappa shape index (κ2) is 5.78. The summed E-state index contributed by atoms with van der Waals surface area (Å²) in [5.74, 6) is 0.151. The molecule has 1 N–H and O–H groups in total. The van der Waals surface area contributed by atoms with Crippen LogP contribution in [0.3, 0.4) is 0 Å². The SMILES string of the molecule is CCCNC(C)(C(F)F)C1CCCCC1. The van der Waals surface area contributed by atoms with E-state index >= 15 is 0 Å². The van der Waals surface area contributed by atoms with Gasteiger partial charge in [0.2, 0.25) is 0 Å². The van der Waals surface area contributed by atoms with Crippen LogP contribution in [0.25, 0.3) is 0 Å². The zero-order valence-electron chi connectivity index (χ0n) is 9.86. The van der Waals surface area contributed by atoms with Gasteiger partial charge in [-0.2, -0.15) is 0 Å². The summed E-state index contributed by atoms with van der Waals surface area (Å²) < 4.78 is 26.3. The molecule has 0 saturated heterocycles. The Kier molecular flexibility index (Phi) is 4.97. The molecular formula is C12H23F2N. The Morgan fingerprint density at radius 1 is 1.27 bits per heavy atom. The third-order valence-electron chi connectivity index (χ3n) is 3.66. The smallest absolute Gasteiger partial charge is 0.256 e. The Labute approximate surface area is 91.6 Å². The molecule has 0 radical (unpaired) electrons. The van der Waals surface area contributed by atoms with E-state index < -0.39 is 12.0 Å². The van der Waals surface area contributed by atoms with Crippen LogP contribution in [-0.4, -0.2) is 18.5 Å². The van der Waals surface area contributed by atoms with Crippen LogP contribution in [0.1, 0.15) is 52.4 Å². The molecule has 1 unspecified atom stereocenters. The lowest BCUT2D eigenvalue weighted by atomic mass is 9.75. The topological polar surface area (TPSA) is 12.0 Å². The molecule has 1 nitrogen and oxygen atoms in total. The molecule has 90 valence electrons. The molecule has 0 aliphatic heterocycles. The van der Waals surface area contributed by atoms with Gasteiger partial charge in [0, 0.05) is 0 Å². The highest BCUT2D eigenvalue weighted by molar-refractivity contribution is 4.93. The van der Waals surface area contributed by atoms with Crippen molar-refractivity contribution in [3.8, 4) is 0 Å². The average molecular weight is 219 g/mol. The van der Waals surface area contributed by atoms with Gasteiger partial charge in [-0.15, -0.1) is 0 Å². The molecule has 1 atom stereocenters. The Morgan fingerprint density at radius 3 is 2.33 bits per heavy atom. The molecule has 0 heterocycles. The second-order valence-corrected chi connectivity index (χ2v) is 4.85. The monoisotopic (exact) mass is 219 g/mol. The molecule has 0 aromatic carbocycles. The van der Waals surface area contributed by atoms with Gasteiger partial charge >= 0.3 is 0 Å². The predicted octanol–water partition coefficient (Wildman–Crippen LogP) is 3.59. The van der Waals surface area contributed by atoms with E-state index in [-0.39, 0.29) is 5.92 Å². The van der Waals surface area contributed by atoms with Crippen LogP contribution in [0.4, 0.5) is 8.78 Å². The van der Waals surface area contributed by atoms with Gasteiger partial charge < -0.3 is 5.32 Å². The summed E-state index contributed by atoms with van der Waals surface area (Å²) >= 11 is 0. The van der Waals surface area contributed by atoms with Gasteiger partial charge in [-0.05, 0) is 38.6 Å². The number of alkyl halides is 2. The summed E-state index contributed by atoms with van der Waals surface area (Å²) in [5.41, 5.74) is -0.962. The van der Waals surface area contributed by atoms with Crippen LogP contribution in [0, 0.1) is 5.92 Å². The van der Waals surface area contributed by atoms with E-state index in [2.05, 4.69) is 5.32 Å². The highest BCUT2D eigenvalue weighted by Crippen LogP contribution is 2.36. The molecule has 0 bridgehead atoms. The van der Waals surface area contributed by atoms with Gasteiger partial charge in [0.25, 0.3) is 6.43 Å². The fourth-order valence-electron chi connectivity index (χ4n) is 2.50. The maximum atomic E-state index is 13.1. The van der Waals surface area contributed by atoms with Crippen LogP contribution < -0.4 is 5.32 Å². The first-order valence-corrected chi connectivity index (χ1v) is 6.14. The maximum absolute atomic E-state index is 13.1. The lowest BCUT2D eigenvalue weighted by molar-refractivity contribution is -0.00700. The van der Waals surface area contributed by atoms with Crippen LogP contribution in [0.15, 0.2) is 0 Å². The Balaban J connectivity index is 2.61. The quantitative estimate of drug-likeness (QED) is 0.745. The van der Waals surface area contributed by atoms with E-state index in [1.54, 1.807) is 6.92 Å². The standard InChI is InChI=1S/C12H23F2N/c1-3-9-15-12(2,11(13)14)10-7-5-4-6-8-10/h10-11,15H,3-9H2,1-2H3. The third-order valence-corrected chi connectivity index (χ3v) is 3.66. The van der Waals surface area contributed by atoms with Crippen LogP contribution in [-0.2, 0) is 0 Å². The zero-order chi connectivity index (χ0) is 11.3. The Bertz CT molecular complexity index is 178. The molecule has 1 aliphatic rings. The third kappa shape index (κ3) is 3.13. The number of rotatable bonds is 5. The molecule has 1 fully saturated rings. The van der Waals surface area contributed by atoms with E-state index in [1.165, 1.54) is 6.42 Å². The summed E-state index contributed by atoms with van der Waals surface area (Å²) in [6.45, 7) is 4.40. The molecule has 1 aliphatic carbocycles. The lowest BCUT2D eigenvalue weighted by Crippen LogP contribution is -2.55. The number of hydrogen-bond donors (Lipinski definition) is 1. The first-order valence-electron chi connectivity index (χ1n) is 6.14. The van der Waals surface area contributed by atoms with Crippen LogP contribution in [0.5, 0.6) is 0 Å². The maximum Gasteiger partial charge on any atom is 0.256 e. The first-order chi connectivity index (χ1) is 7.11. The predicted molar refractivity (Wildman–Crippen MR) is 59.3 cm³/mol. The van der Waals surface area contributed by atoms with Gasteiger partial charge in [-0.3, -0.25) is 0 Å². The van der Waals surface area contributed by atoms with E-state index in [1.807, 2.05) is 6.92 Å². The molecule has 1 saturated carbocycles. The minimum Gasteiger partial charge on any atom is -0.306 e. The molecule has 3 heteroatoms. The van der Waals surface area contributed by atoms with Crippen molar-refractivity contribution in [2.45, 2.75) is 64.3 Å². The zero-order valence-corrected chi connectivity index (χ0v) is 9.86. The van der Waals surface area contributed by atoms with Crippen molar-refractivity contribution < 1.29 is 8.78 Å². The molecule has 0 aromatic heterocycles. The van der Waals surface area contributed by atoms with E-state index in [0.717, 1.165) is 32.1 Å². The summed E-state index contributed by atoms with van der Waals surface area (Å²) in [6, 6.07) is 0. The van der Waals surface area contributed by atoms with Crippen molar-refractivity contribution in [2.75, 3.05) is 6.54 Å². The Hall–Kier alpha value is -0.180. The normalized spacial score (nSPS) is 23.0. The first kappa shape index (κ1) is 12.9. The van der Waals surface area contributed by atoms with Crippen LogP contribution >= 0.6 is 0 Å². The highest BCUT2D eigenvalue weighted by atomic mass is 19.3. The summed E-state index contributed by atoms with van der Waals surface area (Å²) in [4.78, 5) is 0. The van der Waals surface area contributed by atoms with Gasteiger partial charge in [0.1, 0.15) is 0 Å². The lowest BCUT2D eigenvalue weighted by Gasteiger charge is -2.40. The average Bonchev–Trinajstić information content (AvgIpc) is 2.27. The van der Waals surface area contributed by atoms with Gasteiger partial charge in [0.05, 0.1) is 5.54 Å². The molecular weight excluding hydrogens is 196 g/mol. The summed E-state index contributed by atoms with van der Waals surface area (Å²) in [5, 5.41) is 3.06. The fraction of sp³-hybridized carbons (Fsp3) is 1.00. The van der Waals surface area contributed by atoms with Crippen molar-refractivity contribution in [3.63, 3.8) is 0 Å². The van der Waals surface area contributed by atoms with Crippen molar-refractivity contribution in [2.24, 2.45) is 5.92 Å². The van der Waals surface area contributed by atoms with Crippen molar-refractivity contribution >= 4 is 0 Å². The van der Waals surface area contributed by atoms with E-state index in [0.29, 0.717) is 6.54 Å². The minimum atomic E-state index is -2.26. The fourth-order valence-corrected chi connectivity index (χ4v) is 2.50. The molecule has 15 heavy (non-hydrogen) atoms. The number of hydrogen-bond acceptors (Lipinski definition) is 1. The molecule has 0 aromatic rings. The molecule has 0 spiro atoms. The minimum absolute atomic E-state index is 0.151. The van der Waals surface area contributed by atoms with Crippen LogP contribution in [0.2, 0.25) is 0 Å². The van der Waals surface area contributed by atoms with Gasteiger partial charge in [-0.25, -0.2) is 8.78 Å². The largest absolute Gasteiger partial charge is 0.306 e. The molecule has 0 amide bonds. The summed E-state index contributed by atoms with van der Waals surface area (Å²) in [6.07, 6.45) is 4.00. The summed E-state index contributed by atoms with van der Waals surface area (Å²) in [7, 11) is 0.